The van der Waals surface area contributed by atoms with Crippen LogP contribution in [0.25, 0.3) is 10.8 Å². The van der Waals surface area contributed by atoms with Crippen molar-refractivity contribution in [1.82, 2.24) is 0 Å². The molecule has 0 spiro atoms. The van der Waals surface area contributed by atoms with E-state index in [0.717, 1.165) is 51.3 Å². The molecular weight excluding hydrogens is 400 g/mol. The molecule has 0 aromatic heterocycles. The Balaban J connectivity index is 1.21. The lowest BCUT2D eigenvalue weighted by Crippen LogP contribution is -2.33. The molecule has 0 atom stereocenters. The first-order chi connectivity index (χ1) is 15.7. The average molecular weight is 441 g/mol. The Labute approximate surface area is 193 Å². The SMILES string of the molecule is CCCCc1ccc2cc(C3OCC(CCC4OCC(CCCC)CO4)CO3)ccc2c1. The second-order valence-electron chi connectivity index (χ2n) is 9.59. The molecule has 0 amide bonds. The van der Waals surface area contributed by atoms with Gasteiger partial charge in [-0.1, -0.05) is 63.4 Å². The highest BCUT2D eigenvalue weighted by atomic mass is 16.7. The smallest absolute Gasteiger partial charge is 0.183 e. The molecule has 32 heavy (non-hydrogen) atoms. The molecule has 4 nitrogen and oxygen atoms in total. The van der Waals surface area contributed by atoms with Crippen LogP contribution < -0.4 is 0 Å². The molecule has 0 unspecified atom stereocenters. The summed E-state index contributed by atoms with van der Waals surface area (Å²) in [6, 6.07) is 13.4. The molecule has 2 aliphatic rings. The molecule has 2 aromatic rings. The Kier molecular flexibility index (Phi) is 8.98. The largest absolute Gasteiger partial charge is 0.352 e. The Bertz CT molecular complexity index is 819. The van der Waals surface area contributed by atoms with Gasteiger partial charge < -0.3 is 18.9 Å². The minimum absolute atomic E-state index is 0.0618. The van der Waals surface area contributed by atoms with Crippen molar-refractivity contribution in [2.45, 2.75) is 77.8 Å². The fraction of sp³-hybridized carbons (Fsp3) is 0.643. The van der Waals surface area contributed by atoms with E-state index in [1.807, 2.05) is 0 Å². The van der Waals surface area contributed by atoms with Gasteiger partial charge in [-0.25, -0.2) is 0 Å². The normalized spacial score (nSPS) is 26.4. The molecular formula is C28H40O4. The highest BCUT2D eigenvalue weighted by Gasteiger charge is 2.27. The first kappa shape index (κ1) is 23.7. The third-order valence-electron chi connectivity index (χ3n) is 6.80. The Morgan fingerprint density at radius 3 is 2.09 bits per heavy atom. The van der Waals surface area contributed by atoms with Crippen molar-refractivity contribution < 1.29 is 18.9 Å². The van der Waals surface area contributed by atoms with Crippen LogP contribution in [0.4, 0.5) is 0 Å². The number of ether oxygens (including phenoxy) is 4. The number of rotatable bonds is 10. The van der Waals surface area contributed by atoms with E-state index in [9.17, 15) is 0 Å². The van der Waals surface area contributed by atoms with Crippen molar-refractivity contribution in [2.75, 3.05) is 26.4 Å². The zero-order valence-corrected chi connectivity index (χ0v) is 19.9. The van der Waals surface area contributed by atoms with Crippen LogP contribution >= 0.6 is 0 Å². The predicted octanol–water partition coefficient (Wildman–Crippen LogP) is 6.80. The van der Waals surface area contributed by atoms with Gasteiger partial charge in [0.25, 0.3) is 0 Å². The first-order valence-corrected chi connectivity index (χ1v) is 12.7. The molecule has 2 heterocycles. The molecule has 4 rings (SSSR count). The van der Waals surface area contributed by atoms with E-state index >= 15 is 0 Å². The van der Waals surface area contributed by atoms with Gasteiger partial charge in [-0.2, -0.15) is 0 Å². The summed E-state index contributed by atoms with van der Waals surface area (Å²) in [6.07, 6.45) is 8.93. The van der Waals surface area contributed by atoms with E-state index in [1.165, 1.54) is 48.4 Å². The topological polar surface area (TPSA) is 36.9 Å². The Morgan fingerprint density at radius 2 is 1.34 bits per heavy atom. The second-order valence-corrected chi connectivity index (χ2v) is 9.59. The molecule has 4 heteroatoms. The third kappa shape index (κ3) is 6.54. The lowest BCUT2D eigenvalue weighted by Gasteiger charge is -2.32. The van der Waals surface area contributed by atoms with Crippen LogP contribution in [0.2, 0.25) is 0 Å². The van der Waals surface area contributed by atoms with E-state index in [1.54, 1.807) is 0 Å². The first-order valence-electron chi connectivity index (χ1n) is 12.7. The Hall–Kier alpha value is -1.46. The van der Waals surface area contributed by atoms with Gasteiger partial charge in [0.2, 0.25) is 0 Å². The van der Waals surface area contributed by atoms with Crippen LogP contribution in [0.1, 0.15) is 76.2 Å². The van der Waals surface area contributed by atoms with Gasteiger partial charge in [0, 0.05) is 17.4 Å². The summed E-state index contributed by atoms with van der Waals surface area (Å²) in [4.78, 5) is 0. The van der Waals surface area contributed by atoms with Crippen molar-refractivity contribution in [1.29, 1.82) is 0 Å². The highest BCUT2D eigenvalue weighted by Crippen LogP contribution is 2.30. The summed E-state index contributed by atoms with van der Waals surface area (Å²) in [5, 5.41) is 2.54. The lowest BCUT2D eigenvalue weighted by molar-refractivity contribution is -0.220. The molecule has 0 saturated carbocycles. The summed E-state index contributed by atoms with van der Waals surface area (Å²) in [5.41, 5.74) is 2.52. The van der Waals surface area contributed by atoms with Crippen LogP contribution in [-0.2, 0) is 25.4 Å². The minimum Gasteiger partial charge on any atom is -0.352 e. The summed E-state index contributed by atoms with van der Waals surface area (Å²) >= 11 is 0. The molecule has 0 N–H and O–H groups in total. The van der Waals surface area contributed by atoms with E-state index < -0.39 is 0 Å². The van der Waals surface area contributed by atoms with E-state index in [4.69, 9.17) is 18.9 Å². The maximum atomic E-state index is 6.10. The van der Waals surface area contributed by atoms with E-state index in [-0.39, 0.29) is 12.6 Å². The molecule has 0 radical (unpaired) electrons. The zero-order chi connectivity index (χ0) is 22.2. The van der Waals surface area contributed by atoms with Gasteiger partial charge in [0.1, 0.15) is 0 Å². The second kappa shape index (κ2) is 12.1. The van der Waals surface area contributed by atoms with Crippen LogP contribution in [0.3, 0.4) is 0 Å². The van der Waals surface area contributed by atoms with Gasteiger partial charge in [0.15, 0.2) is 12.6 Å². The molecule has 0 aliphatic carbocycles. The van der Waals surface area contributed by atoms with Gasteiger partial charge in [-0.05, 0) is 54.5 Å². The van der Waals surface area contributed by atoms with Crippen LogP contribution in [0.15, 0.2) is 36.4 Å². The van der Waals surface area contributed by atoms with Crippen molar-refractivity contribution >= 4 is 10.8 Å². The van der Waals surface area contributed by atoms with Crippen molar-refractivity contribution in [2.24, 2.45) is 11.8 Å². The average Bonchev–Trinajstić information content (AvgIpc) is 2.85. The van der Waals surface area contributed by atoms with Crippen LogP contribution in [0, 0.1) is 11.8 Å². The standard InChI is InChI=1S/C28H40O4/c1-3-5-7-21-9-11-25-16-26(13-12-24(25)15-21)28-31-19-23(20-32-28)10-14-27-29-17-22(18-30-27)8-6-4-2/h9,11-13,15-16,22-23,27-28H,3-8,10,14,17-20H2,1-2H3. The van der Waals surface area contributed by atoms with Crippen LogP contribution in [-0.4, -0.2) is 32.7 Å². The van der Waals surface area contributed by atoms with Crippen molar-refractivity contribution in [3.63, 3.8) is 0 Å². The Morgan fingerprint density at radius 1 is 0.688 bits per heavy atom. The third-order valence-corrected chi connectivity index (χ3v) is 6.80. The fourth-order valence-electron chi connectivity index (χ4n) is 4.68. The molecule has 176 valence electrons. The molecule has 2 aliphatic heterocycles. The van der Waals surface area contributed by atoms with E-state index in [0.29, 0.717) is 11.8 Å². The van der Waals surface area contributed by atoms with Gasteiger partial charge in [0.05, 0.1) is 26.4 Å². The number of fused-ring (bicyclic) bond motifs is 1. The molecule has 0 bridgehead atoms. The summed E-state index contributed by atoms with van der Waals surface area (Å²) in [5.74, 6) is 0.969. The van der Waals surface area contributed by atoms with Crippen molar-refractivity contribution in [3.05, 3.63) is 47.5 Å². The number of unbranched alkanes of at least 4 members (excludes halogenated alkanes) is 2. The van der Waals surface area contributed by atoms with E-state index in [2.05, 4.69) is 50.2 Å². The van der Waals surface area contributed by atoms with Crippen LogP contribution in [0.5, 0.6) is 0 Å². The fourth-order valence-corrected chi connectivity index (χ4v) is 4.68. The lowest BCUT2D eigenvalue weighted by atomic mass is 10.0. The maximum Gasteiger partial charge on any atom is 0.183 e. The number of benzene rings is 2. The summed E-state index contributed by atoms with van der Waals surface area (Å²) in [6.45, 7) is 7.60. The highest BCUT2D eigenvalue weighted by molar-refractivity contribution is 5.83. The zero-order valence-electron chi connectivity index (χ0n) is 19.9. The summed E-state index contributed by atoms with van der Waals surface area (Å²) in [7, 11) is 0. The van der Waals surface area contributed by atoms with Gasteiger partial charge >= 0.3 is 0 Å². The maximum absolute atomic E-state index is 6.10. The monoisotopic (exact) mass is 440 g/mol. The number of aryl methyl sites for hydroxylation is 1. The number of hydrogen-bond donors (Lipinski definition) is 0. The predicted molar refractivity (Wildman–Crippen MR) is 129 cm³/mol. The van der Waals surface area contributed by atoms with Gasteiger partial charge in [-0.15, -0.1) is 0 Å². The van der Waals surface area contributed by atoms with Crippen molar-refractivity contribution in [3.8, 4) is 0 Å². The number of hydrogen-bond acceptors (Lipinski definition) is 4. The molecule has 2 aromatic carbocycles. The quantitative estimate of drug-likeness (QED) is 0.407. The summed E-state index contributed by atoms with van der Waals surface area (Å²) < 4.78 is 24.1. The molecule has 2 saturated heterocycles. The molecule has 2 fully saturated rings. The van der Waals surface area contributed by atoms with Gasteiger partial charge in [-0.3, -0.25) is 0 Å². The minimum atomic E-state index is -0.267.